The smallest absolute Gasteiger partial charge is 0.123 e. The van der Waals surface area contributed by atoms with E-state index in [1.165, 1.54) is 5.56 Å². The molecule has 1 nitrogen and oxygen atoms in total. The highest BCUT2D eigenvalue weighted by atomic mass is 19.1. The first-order chi connectivity index (χ1) is 6.25. The van der Waals surface area contributed by atoms with E-state index in [9.17, 15) is 4.39 Å². The molecule has 0 saturated heterocycles. The van der Waals surface area contributed by atoms with E-state index in [1.54, 1.807) is 12.1 Å². The second-order valence-corrected chi connectivity index (χ2v) is 3.85. The van der Waals surface area contributed by atoms with E-state index < -0.39 is 0 Å². The minimum Gasteiger partial charge on any atom is -0.312 e. The topological polar surface area (TPSA) is 12.0 Å². The number of nitrogens with one attached hydrogen (secondary N) is 1. The number of rotatable bonds is 0. The lowest BCUT2D eigenvalue weighted by Gasteiger charge is -2.07. The van der Waals surface area contributed by atoms with Crippen LogP contribution in [0.4, 0.5) is 4.39 Å². The van der Waals surface area contributed by atoms with Gasteiger partial charge in [-0.1, -0.05) is 13.0 Å². The lowest BCUT2D eigenvalue weighted by Crippen LogP contribution is -2.17. The third-order valence-corrected chi connectivity index (χ3v) is 2.54. The van der Waals surface area contributed by atoms with Crippen LogP contribution < -0.4 is 5.32 Å². The summed E-state index contributed by atoms with van der Waals surface area (Å²) < 4.78 is 12.9. The Bertz CT molecular complexity index is 309. The quantitative estimate of drug-likeness (QED) is 0.643. The average Bonchev–Trinajstić information content (AvgIpc) is 2.25. The van der Waals surface area contributed by atoms with Crippen molar-refractivity contribution in [3.63, 3.8) is 0 Å². The van der Waals surface area contributed by atoms with Gasteiger partial charge in [-0.15, -0.1) is 0 Å². The van der Waals surface area contributed by atoms with Crippen molar-refractivity contribution in [2.24, 2.45) is 5.92 Å². The van der Waals surface area contributed by atoms with Gasteiger partial charge < -0.3 is 5.32 Å². The summed E-state index contributed by atoms with van der Waals surface area (Å²) in [5.41, 5.74) is 2.41. The fourth-order valence-electron chi connectivity index (χ4n) is 1.86. The summed E-state index contributed by atoms with van der Waals surface area (Å²) in [7, 11) is 0. The molecule has 0 aromatic heterocycles. The summed E-state index contributed by atoms with van der Waals surface area (Å²) in [4.78, 5) is 0. The molecule has 1 aliphatic heterocycles. The Kier molecular flexibility index (Phi) is 2.32. The number of benzene rings is 1. The summed E-state index contributed by atoms with van der Waals surface area (Å²) in [6.07, 6.45) is 1.06. The molecule has 1 aromatic rings. The van der Waals surface area contributed by atoms with Crippen LogP contribution in [-0.2, 0) is 13.0 Å². The Labute approximate surface area is 78.0 Å². The van der Waals surface area contributed by atoms with Crippen molar-refractivity contribution in [3.8, 4) is 0 Å². The van der Waals surface area contributed by atoms with Crippen LogP contribution in [0, 0.1) is 11.7 Å². The van der Waals surface area contributed by atoms with Crippen molar-refractivity contribution in [3.05, 3.63) is 35.1 Å². The van der Waals surface area contributed by atoms with E-state index in [-0.39, 0.29) is 5.82 Å². The van der Waals surface area contributed by atoms with Crippen molar-refractivity contribution >= 4 is 0 Å². The number of halogens is 1. The first kappa shape index (κ1) is 8.70. The van der Waals surface area contributed by atoms with Crippen molar-refractivity contribution in [2.45, 2.75) is 19.9 Å². The molecular weight excluding hydrogens is 165 g/mol. The lowest BCUT2D eigenvalue weighted by molar-refractivity contribution is 0.533. The monoisotopic (exact) mass is 179 g/mol. The van der Waals surface area contributed by atoms with Crippen molar-refractivity contribution in [2.75, 3.05) is 6.54 Å². The number of hydrogen-bond acceptors (Lipinski definition) is 1. The largest absolute Gasteiger partial charge is 0.312 e. The minimum atomic E-state index is -0.130. The Morgan fingerprint density at radius 2 is 2.23 bits per heavy atom. The van der Waals surface area contributed by atoms with Gasteiger partial charge in [-0.05, 0) is 42.1 Å². The van der Waals surface area contributed by atoms with E-state index in [1.807, 2.05) is 6.07 Å². The van der Waals surface area contributed by atoms with E-state index in [2.05, 4.69) is 12.2 Å². The van der Waals surface area contributed by atoms with Gasteiger partial charge in [0.25, 0.3) is 0 Å². The predicted molar refractivity (Wildman–Crippen MR) is 51.0 cm³/mol. The second kappa shape index (κ2) is 3.46. The Hall–Kier alpha value is -0.890. The van der Waals surface area contributed by atoms with Gasteiger partial charge >= 0.3 is 0 Å². The molecule has 1 atom stereocenters. The van der Waals surface area contributed by atoms with Crippen molar-refractivity contribution in [1.29, 1.82) is 0 Å². The highest BCUT2D eigenvalue weighted by molar-refractivity contribution is 5.29. The van der Waals surface area contributed by atoms with Crippen LogP contribution in [0.2, 0.25) is 0 Å². The molecule has 0 fully saturated rings. The molecule has 0 saturated carbocycles. The zero-order valence-electron chi connectivity index (χ0n) is 7.81. The number of fused-ring (bicyclic) bond motifs is 1. The Morgan fingerprint density at radius 1 is 1.38 bits per heavy atom. The molecule has 0 radical (unpaired) electrons. The van der Waals surface area contributed by atoms with Gasteiger partial charge in [0.05, 0.1) is 0 Å². The van der Waals surface area contributed by atoms with Gasteiger partial charge in [-0.2, -0.15) is 0 Å². The van der Waals surface area contributed by atoms with Crippen molar-refractivity contribution in [1.82, 2.24) is 5.32 Å². The molecule has 2 heteroatoms. The minimum absolute atomic E-state index is 0.130. The summed E-state index contributed by atoms with van der Waals surface area (Å²) in [6.45, 7) is 4.04. The van der Waals surface area contributed by atoms with E-state index in [4.69, 9.17) is 0 Å². The lowest BCUT2D eigenvalue weighted by atomic mass is 9.99. The third kappa shape index (κ3) is 1.89. The molecule has 1 aliphatic rings. The standard InChI is InChI=1S/C11H14FN/c1-8-4-9-2-3-11(12)5-10(9)7-13-6-8/h2-3,5,8,13H,4,6-7H2,1H3. The number of hydrogen-bond donors (Lipinski definition) is 1. The summed E-state index contributed by atoms with van der Waals surface area (Å²) in [5.74, 6) is 0.516. The third-order valence-electron chi connectivity index (χ3n) is 2.54. The molecule has 13 heavy (non-hydrogen) atoms. The van der Waals surface area contributed by atoms with Crippen LogP contribution >= 0.6 is 0 Å². The molecule has 1 N–H and O–H groups in total. The van der Waals surface area contributed by atoms with Gasteiger partial charge in [-0.25, -0.2) is 4.39 Å². The first-order valence-electron chi connectivity index (χ1n) is 4.74. The Morgan fingerprint density at radius 3 is 3.08 bits per heavy atom. The maximum absolute atomic E-state index is 12.9. The fraction of sp³-hybridized carbons (Fsp3) is 0.455. The van der Waals surface area contributed by atoms with Gasteiger partial charge in [0.15, 0.2) is 0 Å². The molecule has 0 amide bonds. The summed E-state index contributed by atoms with van der Waals surface area (Å²) >= 11 is 0. The molecule has 1 heterocycles. The molecule has 2 rings (SSSR count). The van der Waals surface area contributed by atoms with Crippen LogP contribution in [0.3, 0.4) is 0 Å². The maximum atomic E-state index is 12.9. The molecule has 1 unspecified atom stereocenters. The van der Waals surface area contributed by atoms with Crippen LogP contribution in [0.25, 0.3) is 0 Å². The molecule has 1 aromatic carbocycles. The Balaban J connectivity index is 2.34. The van der Waals surface area contributed by atoms with Crippen molar-refractivity contribution < 1.29 is 4.39 Å². The summed E-state index contributed by atoms with van der Waals surface area (Å²) in [6, 6.07) is 5.10. The van der Waals surface area contributed by atoms with E-state index in [0.717, 1.165) is 25.1 Å². The SMILES string of the molecule is CC1CNCc2cc(F)ccc2C1. The fourth-order valence-corrected chi connectivity index (χ4v) is 1.86. The maximum Gasteiger partial charge on any atom is 0.123 e. The van der Waals surface area contributed by atoms with Crippen LogP contribution in [0.15, 0.2) is 18.2 Å². The second-order valence-electron chi connectivity index (χ2n) is 3.85. The van der Waals surface area contributed by atoms with Gasteiger partial charge in [-0.3, -0.25) is 0 Å². The van der Waals surface area contributed by atoms with Gasteiger partial charge in [0.1, 0.15) is 5.82 Å². The van der Waals surface area contributed by atoms with Crippen LogP contribution in [-0.4, -0.2) is 6.54 Å². The highest BCUT2D eigenvalue weighted by Gasteiger charge is 2.12. The molecule has 0 bridgehead atoms. The van der Waals surface area contributed by atoms with Crippen LogP contribution in [0.1, 0.15) is 18.1 Å². The van der Waals surface area contributed by atoms with Gasteiger partial charge in [0.2, 0.25) is 0 Å². The van der Waals surface area contributed by atoms with E-state index in [0.29, 0.717) is 5.92 Å². The zero-order valence-corrected chi connectivity index (χ0v) is 7.81. The van der Waals surface area contributed by atoms with Crippen LogP contribution in [0.5, 0.6) is 0 Å². The van der Waals surface area contributed by atoms with Gasteiger partial charge in [0, 0.05) is 6.54 Å². The molecular formula is C11H14FN. The van der Waals surface area contributed by atoms with E-state index >= 15 is 0 Å². The summed E-state index contributed by atoms with van der Waals surface area (Å²) in [5, 5.41) is 3.31. The predicted octanol–water partition coefficient (Wildman–Crippen LogP) is 2.11. The molecule has 0 spiro atoms. The normalized spacial score (nSPS) is 22.2. The average molecular weight is 179 g/mol. The molecule has 0 aliphatic carbocycles. The highest BCUT2D eigenvalue weighted by Crippen LogP contribution is 2.18. The first-order valence-corrected chi connectivity index (χ1v) is 4.74. The zero-order chi connectivity index (χ0) is 9.26. The molecule has 70 valence electrons.